The van der Waals surface area contributed by atoms with E-state index < -0.39 is 5.60 Å². The second-order valence-corrected chi connectivity index (χ2v) is 6.36. The minimum Gasteiger partial charge on any atom is -0.444 e. The van der Waals surface area contributed by atoms with E-state index in [1.165, 1.54) is 0 Å². The minimum atomic E-state index is -0.437. The topological polar surface area (TPSA) is 47.4 Å². The third kappa shape index (κ3) is 3.74. The summed E-state index contributed by atoms with van der Waals surface area (Å²) in [5, 5.41) is 4.56. The van der Waals surface area contributed by atoms with Gasteiger partial charge in [0.25, 0.3) is 0 Å². The molecule has 1 aromatic rings. The second-order valence-electron chi connectivity index (χ2n) is 6.36. The van der Waals surface area contributed by atoms with E-state index in [1.807, 2.05) is 36.5 Å². The van der Waals surface area contributed by atoms with Crippen LogP contribution in [0.3, 0.4) is 0 Å². The highest BCUT2D eigenvalue weighted by Crippen LogP contribution is 2.26. The lowest BCUT2D eigenvalue weighted by Crippen LogP contribution is -2.42. The van der Waals surface area contributed by atoms with Gasteiger partial charge in [0.05, 0.1) is 5.69 Å². The fourth-order valence-electron chi connectivity index (χ4n) is 2.48. The number of carbonyl (C=O) groups is 1. The first-order valence-corrected chi connectivity index (χ1v) is 7.40. The summed E-state index contributed by atoms with van der Waals surface area (Å²) in [6, 6.07) is 2.06. The Morgan fingerprint density at radius 3 is 2.85 bits per heavy atom. The van der Waals surface area contributed by atoms with Crippen molar-refractivity contribution < 1.29 is 9.53 Å². The molecule has 0 radical (unpaired) electrons. The Labute approximate surface area is 120 Å². The minimum absolute atomic E-state index is 0.211. The average molecular weight is 279 g/mol. The van der Waals surface area contributed by atoms with Crippen molar-refractivity contribution in [3.05, 3.63) is 18.0 Å². The predicted octanol–water partition coefficient (Wildman–Crippen LogP) is 3.02. The number of piperidine rings is 1. The first-order valence-electron chi connectivity index (χ1n) is 7.40. The summed E-state index contributed by atoms with van der Waals surface area (Å²) in [6.07, 6.45) is 3.88. The van der Waals surface area contributed by atoms with E-state index in [9.17, 15) is 4.79 Å². The third-order valence-corrected chi connectivity index (χ3v) is 3.48. The highest BCUT2D eigenvalue weighted by molar-refractivity contribution is 5.68. The smallest absolute Gasteiger partial charge is 0.410 e. The molecule has 1 aliphatic rings. The van der Waals surface area contributed by atoms with Gasteiger partial charge in [-0.1, -0.05) is 0 Å². The summed E-state index contributed by atoms with van der Waals surface area (Å²) in [5.41, 5.74) is 0.647. The largest absolute Gasteiger partial charge is 0.444 e. The third-order valence-electron chi connectivity index (χ3n) is 3.48. The number of nitrogens with zero attached hydrogens (tertiary/aromatic N) is 3. The van der Waals surface area contributed by atoms with Gasteiger partial charge in [-0.05, 0) is 46.6 Å². The SMILES string of the molecule is CCn1ccc(C2CCCN(C(=O)OC(C)(C)C)C2)n1. The zero-order valence-corrected chi connectivity index (χ0v) is 12.9. The molecule has 1 aromatic heterocycles. The summed E-state index contributed by atoms with van der Waals surface area (Å²) in [7, 11) is 0. The van der Waals surface area contributed by atoms with E-state index in [1.54, 1.807) is 0 Å². The molecule has 5 heteroatoms. The number of rotatable bonds is 2. The number of hydrogen-bond acceptors (Lipinski definition) is 3. The molecule has 1 atom stereocenters. The fourth-order valence-corrected chi connectivity index (χ4v) is 2.48. The summed E-state index contributed by atoms with van der Waals surface area (Å²) in [5.74, 6) is 0.323. The van der Waals surface area contributed by atoms with Crippen molar-refractivity contribution in [1.82, 2.24) is 14.7 Å². The van der Waals surface area contributed by atoms with Gasteiger partial charge in [0.1, 0.15) is 5.60 Å². The van der Waals surface area contributed by atoms with Crippen LogP contribution in [0.25, 0.3) is 0 Å². The molecule has 0 aliphatic carbocycles. The van der Waals surface area contributed by atoms with Gasteiger partial charge in [0, 0.05) is 31.7 Å². The zero-order chi connectivity index (χ0) is 14.8. The Morgan fingerprint density at radius 2 is 2.25 bits per heavy atom. The Bertz CT molecular complexity index is 462. The Hall–Kier alpha value is -1.52. The Morgan fingerprint density at radius 1 is 1.50 bits per heavy atom. The van der Waals surface area contributed by atoms with Crippen molar-refractivity contribution in [2.45, 2.75) is 58.6 Å². The van der Waals surface area contributed by atoms with Crippen molar-refractivity contribution in [1.29, 1.82) is 0 Å². The van der Waals surface area contributed by atoms with Crippen molar-refractivity contribution in [2.75, 3.05) is 13.1 Å². The van der Waals surface area contributed by atoms with Crippen LogP contribution < -0.4 is 0 Å². The number of likely N-dealkylation sites (tertiary alicyclic amines) is 1. The molecule has 0 N–H and O–H groups in total. The molecule has 5 nitrogen and oxygen atoms in total. The highest BCUT2D eigenvalue weighted by Gasteiger charge is 2.29. The number of aromatic nitrogens is 2. The number of hydrogen-bond donors (Lipinski definition) is 0. The summed E-state index contributed by atoms with van der Waals surface area (Å²) < 4.78 is 7.38. The molecule has 0 spiro atoms. The maximum absolute atomic E-state index is 12.1. The molecule has 1 fully saturated rings. The van der Waals surface area contributed by atoms with Crippen molar-refractivity contribution >= 4 is 6.09 Å². The average Bonchev–Trinajstić information content (AvgIpc) is 2.85. The van der Waals surface area contributed by atoms with Crippen molar-refractivity contribution in [2.24, 2.45) is 0 Å². The van der Waals surface area contributed by atoms with Gasteiger partial charge in [0.15, 0.2) is 0 Å². The maximum atomic E-state index is 12.1. The standard InChI is InChI=1S/C15H25N3O2/c1-5-18-10-8-13(16-18)12-7-6-9-17(11-12)14(19)20-15(2,3)4/h8,10,12H,5-7,9,11H2,1-4H3. The van der Waals surface area contributed by atoms with E-state index >= 15 is 0 Å². The van der Waals surface area contributed by atoms with Crippen LogP contribution in [0.4, 0.5) is 4.79 Å². The van der Waals surface area contributed by atoms with Crippen LogP contribution in [-0.4, -0.2) is 39.5 Å². The predicted molar refractivity (Wildman–Crippen MR) is 77.7 cm³/mol. The van der Waals surface area contributed by atoms with Crippen LogP contribution in [-0.2, 0) is 11.3 Å². The molecule has 112 valence electrons. The molecule has 1 saturated heterocycles. The molecule has 1 unspecified atom stereocenters. The van der Waals surface area contributed by atoms with E-state index in [0.717, 1.165) is 31.6 Å². The lowest BCUT2D eigenvalue weighted by molar-refractivity contribution is 0.0197. The van der Waals surface area contributed by atoms with Crippen molar-refractivity contribution in [3.63, 3.8) is 0 Å². The molecular formula is C15H25N3O2. The van der Waals surface area contributed by atoms with Crippen molar-refractivity contribution in [3.8, 4) is 0 Å². The number of carbonyl (C=O) groups excluding carboxylic acids is 1. The van der Waals surface area contributed by atoms with Crippen LogP contribution in [0.2, 0.25) is 0 Å². The van der Waals surface area contributed by atoms with Gasteiger partial charge in [-0.2, -0.15) is 5.10 Å². The molecule has 1 amide bonds. The second kappa shape index (κ2) is 5.85. The molecule has 2 rings (SSSR count). The van der Waals surface area contributed by atoms with Gasteiger partial charge in [-0.3, -0.25) is 4.68 Å². The molecule has 1 aliphatic heterocycles. The summed E-state index contributed by atoms with van der Waals surface area (Å²) in [6.45, 7) is 10.1. The van der Waals surface area contributed by atoms with Gasteiger partial charge in [-0.15, -0.1) is 0 Å². The van der Waals surface area contributed by atoms with Crippen LogP contribution in [0.1, 0.15) is 52.1 Å². The first-order chi connectivity index (χ1) is 9.39. The molecule has 20 heavy (non-hydrogen) atoms. The fraction of sp³-hybridized carbons (Fsp3) is 0.733. The summed E-state index contributed by atoms with van der Waals surface area (Å²) in [4.78, 5) is 13.9. The van der Waals surface area contributed by atoms with Crippen LogP contribution in [0, 0.1) is 0 Å². The van der Waals surface area contributed by atoms with Gasteiger partial charge >= 0.3 is 6.09 Å². The Kier molecular flexibility index (Phi) is 4.35. The molecule has 0 bridgehead atoms. The van der Waals surface area contributed by atoms with E-state index in [4.69, 9.17) is 4.74 Å². The zero-order valence-electron chi connectivity index (χ0n) is 12.9. The van der Waals surface area contributed by atoms with Gasteiger partial charge in [-0.25, -0.2) is 4.79 Å². The maximum Gasteiger partial charge on any atom is 0.410 e. The monoisotopic (exact) mass is 279 g/mol. The number of aryl methyl sites for hydroxylation is 1. The number of amides is 1. The molecule has 2 heterocycles. The van der Waals surface area contributed by atoms with E-state index in [0.29, 0.717) is 12.5 Å². The Balaban J connectivity index is 1.99. The number of ether oxygens (including phenoxy) is 1. The molecule has 0 aromatic carbocycles. The van der Waals surface area contributed by atoms with Crippen LogP contribution >= 0.6 is 0 Å². The van der Waals surface area contributed by atoms with Crippen LogP contribution in [0.15, 0.2) is 12.3 Å². The molecular weight excluding hydrogens is 254 g/mol. The summed E-state index contributed by atoms with van der Waals surface area (Å²) >= 11 is 0. The van der Waals surface area contributed by atoms with E-state index in [-0.39, 0.29) is 6.09 Å². The lowest BCUT2D eigenvalue weighted by atomic mass is 9.95. The normalized spacial score (nSPS) is 20.0. The molecule has 0 saturated carbocycles. The van der Waals surface area contributed by atoms with Crippen LogP contribution in [0.5, 0.6) is 0 Å². The van der Waals surface area contributed by atoms with Gasteiger partial charge < -0.3 is 9.64 Å². The van der Waals surface area contributed by atoms with E-state index in [2.05, 4.69) is 18.1 Å². The lowest BCUT2D eigenvalue weighted by Gasteiger charge is -2.33. The highest BCUT2D eigenvalue weighted by atomic mass is 16.6. The van der Waals surface area contributed by atoms with Gasteiger partial charge in [0.2, 0.25) is 0 Å². The first kappa shape index (κ1) is 14.9. The quantitative estimate of drug-likeness (QED) is 0.836.